The van der Waals surface area contributed by atoms with Gasteiger partial charge in [-0.25, -0.2) is 13.8 Å². The summed E-state index contributed by atoms with van der Waals surface area (Å²) in [6.45, 7) is 2.90. The fourth-order valence-corrected chi connectivity index (χ4v) is 5.85. The zero-order valence-electron chi connectivity index (χ0n) is 22.4. The number of carbonyl (C=O) groups excluding carboxylic acids is 2. The Morgan fingerprint density at radius 1 is 1.12 bits per heavy atom. The predicted octanol–water partition coefficient (Wildman–Crippen LogP) is 3.61. The maximum atomic E-state index is 14.1. The molecule has 3 aromatic rings. The fourth-order valence-electron chi connectivity index (χ4n) is 5.85. The number of alkyl halides is 2. The van der Waals surface area contributed by atoms with E-state index in [0.717, 1.165) is 19.3 Å². The predicted molar refractivity (Wildman–Crippen MR) is 145 cm³/mol. The lowest BCUT2D eigenvalue weighted by atomic mass is 9.75. The minimum absolute atomic E-state index is 0.0362. The molecule has 40 heavy (non-hydrogen) atoms. The largest absolute Gasteiger partial charge is 0.378 e. The van der Waals surface area contributed by atoms with Crippen molar-refractivity contribution in [2.24, 2.45) is 11.8 Å². The Kier molecular flexibility index (Phi) is 7.35. The lowest BCUT2D eigenvalue weighted by molar-refractivity contribution is -0.138. The summed E-state index contributed by atoms with van der Waals surface area (Å²) in [6.07, 6.45) is 0.334. The van der Waals surface area contributed by atoms with Crippen LogP contribution in [-0.4, -0.2) is 82.0 Å². The molecule has 1 amide bonds. The smallest absolute Gasteiger partial charge is 0.296 e. The third-order valence-corrected chi connectivity index (χ3v) is 8.20. The fraction of sp³-hybridized carbons (Fsp3) is 0.536. The number of fused-ring (bicyclic) bond motifs is 1. The summed E-state index contributed by atoms with van der Waals surface area (Å²) in [5, 5.41) is 3.45. The number of benzene rings is 1. The monoisotopic (exact) mass is 553 g/mol. The number of piperidine rings is 1. The topological polar surface area (TPSA) is 105 Å². The van der Waals surface area contributed by atoms with E-state index in [-0.39, 0.29) is 35.4 Å². The first-order valence-electron chi connectivity index (χ1n) is 13.9. The van der Waals surface area contributed by atoms with E-state index in [1.54, 1.807) is 42.3 Å². The molecule has 2 saturated heterocycles. The molecule has 3 fully saturated rings. The SMILES string of the molecule is CN1CCC(C(=O)CC2CC(Nc3cc(-n4c(C(F)F)nc5ccccc54)nc(N4CCOCC4)n3)C2)CC1=O. The molecule has 3 aliphatic rings. The van der Waals surface area contributed by atoms with Gasteiger partial charge in [-0.1, -0.05) is 12.1 Å². The van der Waals surface area contributed by atoms with E-state index >= 15 is 0 Å². The Hall–Kier alpha value is -3.67. The lowest BCUT2D eigenvalue weighted by Crippen LogP contribution is -2.41. The molecular weight excluding hydrogens is 520 g/mol. The van der Waals surface area contributed by atoms with E-state index in [1.165, 1.54) is 4.57 Å². The number of hydrogen-bond acceptors (Lipinski definition) is 8. The van der Waals surface area contributed by atoms with Crippen LogP contribution in [0.5, 0.6) is 0 Å². The van der Waals surface area contributed by atoms with Gasteiger partial charge < -0.3 is 19.9 Å². The number of anilines is 2. The van der Waals surface area contributed by atoms with Gasteiger partial charge in [0.2, 0.25) is 11.9 Å². The molecule has 1 N–H and O–H groups in total. The summed E-state index contributed by atoms with van der Waals surface area (Å²) in [6, 6.07) is 8.81. The van der Waals surface area contributed by atoms with Crippen LogP contribution in [0.3, 0.4) is 0 Å². The molecule has 1 unspecified atom stereocenters. The van der Waals surface area contributed by atoms with Crippen LogP contribution in [0.2, 0.25) is 0 Å². The van der Waals surface area contributed by atoms with Gasteiger partial charge in [-0.2, -0.15) is 9.97 Å². The summed E-state index contributed by atoms with van der Waals surface area (Å²) in [5.41, 5.74) is 1.02. The highest BCUT2D eigenvalue weighted by Crippen LogP contribution is 2.36. The van der Waals surface area contributed by atoms with Crippen molar-refractivity contribution in [1.29, 1.82) is 0 Å². The Morgan fingerprint density at radius 2 is 1.90 bits per heavy atom. The van der Waals surface area contributed by atoms with E-state index in [4.69, 9.17) is 14.7 Å². The van der Waals surface area contributed by atoms with Crippen molar-refractivity contribution in [3.05, 3.63) is 36.2 Å². The average molecular weight is 554 g/mol. The molecule has 0 radical (unpaired) electrons. The molecule has 2 aromatic heterocycles. The van der Waals surface area contributed by atoms with Crippen LogP contribution in [0.15, 0.2) is 30.3 Å². The Morgan fingerprint density at radius 3 is 2.65 bits per heavy atom. The molecular formula is C28H33F2N7O3. The van der Waals surface area contributed by atoms with Crippen molar-refractivity contribution in [3.8, 4) is 5.82 Å². The molecule has 10 nitrogen and oxygen atoms in total. The van der Waals surface area contributed by atoms with E-state index in [2.05, 4.69) is 10.3 Å². The van der Waals surface area contributed by atoms with Gasteiger partial charge in [-0.15, -0.1) is 0 Å². The number of likely N-dealkylation sites (tertiary alicyclic amines) is 1. The van der Waals surface area contributed by atoms with Crippen LogP contribution in [0, 0.1) is 11.8 Å². The van der Waals surface area contributed by atoms with Crippen molar-refractivity contribution in [3.63, 3.8) is 0 Å². The number of carbonyl (C=O) groups is 2. The Balaban J connectivity index is 1.21. The highest BCUT2D eigenvalue weighted by atomic mass is 19.3. The Bertz CT molecular complexity index is 1400. The highest BCUT2D eigenvalue weighted by molar-refractivity contribution is 5.88. The number of ketones is 1. The highest BCUT2D eigenvalue weighted by Gasteiger charge is 2.35. The number of imidazole rings is 1. The van der Waals surface area contributed by atoms with Crippen LogP contribution < -0.4 is 10.2 Å². The maximum Gasteiger partial charge on any atom is 0.296 e. The minimum Gasteiger partial charge on any atom is -0.378 e. The number of para-hydroxylation sites is 2. The van der Waals surface area contributed by atoms with Gasteiger partial charge in [-0.3, -0.25) is 14.2 Å². The van der Waals surface area contributed by atoms with Crippen molar-refractivity contribution in [1.82, 2.24) is 24.4 Å². The number of nitrogens with one attached hydrogen (secondary N) is 1. The molecule has 1 atom stereocenters. The lowest BCUT2D eigenvalue weighted by Gasteiger charge is -2.37. The molecule has 4 heterocycles. The number of aromatic nitrogens is 4. The quantitative estimate of drug-likeness (QED) is 0.451. The number of morpholine rings is 1. The summed E-state index contributed by atoms with van der Waals surface area (Å²) in [5.74, 6) is 1.23. The normalized spacial score (nSPS) is 23.5. The number of ether oxygens (including phenoxy) is 1. The molecule has 1 saturated carbocycles. The van der Waals surface area contributed by atoms with Gasteiger partial charge in [0.1, 0.15) is 17.4 Å². The van der Waals surface area contributed by atoms with E-state index in [9.17, 15) is 18.4 Å². The van der Waals surface area contributed by atoms with Crippen LogP contribution in [0.25, 0.3) is 16.9 Å². The molecule has 212 valence electrons. The first kappa shape index (κ1) is 26.5. The van der Waals surface area contributed by atoms with Crippen LogP contribution in [-0.2, 0) is 14.3 Å². The number of amides is 1. The standard InChI is InChI=1S/C28H33F2N7O3/c1-35-7-6-18(15-25(35)39)22(38)14-17-12-19(13-17)31-23-16-24(34-28(33-23)36-8-10-40-11-9-36)37-21-5-3-2-4-20(21)32-27(37)26(29)30/h2-5,16-19,26H,6-15H2,1H3,(H,31,33,34). The number of nitrogens with zero attached hydrogens (tertiary/aromatic N) is 6. The summed E-state index contributed by atoms with van der Waals surface area (Å²) < 4.78 is 35.1. The second-order valence-corrected chi connectivity index (χ2v) is 11.0. The van der Waals surface area contributed by atoms with Gasteiger partial charge in [0.05, 0.1) is 24.2 Å². The number of hydrogen-bond donors (Lipinski definition) is 1. The molecule has 6 rings (SSSR count). The third-order valence-electron chi connectivity index (χ3n) is 8.20. The maximum absolute atomic E-state index is 14.1. The van der Waals surface area contributed by atoms with Crippen LogP contribution in [0.4, 0.5) is 20.5 Å². The second-order valence-electron chi connectivity index (χ2n) is 11.0. The molecule has 1 aromatic carbocycles. The molecule has 0 bridgehead atoms. The number of halogens is 2. The van der Waals surface area contributed by atoms with Crippen molar-refractivity contribution in [2.75, 3.05) is 50.1 Å². The molecule has 0 spiro atoms. The van der Waals surface area contributed by atoms with E-state index in [0.29, 0.717) is 74.3 Å². The molecule has 12 heteroatoms. The first-order chi connectivity index (χ1) is 19.4. The van der Waals surface area contributed by atoms with Gasteiger partial charge in [0.25, 0.3) is 6.43 Å². The number of rotatable bonds is 8. The number of Topliss-reactive ketones (excluding diaryl/α,β-unsaturated/α-hetero) is 1. The third kappa shape index (κ3) is 5.36. The van der Waals surface area contributed by atoms with Crippen molar-refractivity contribution < 1.29 is 23.1 Å². The van der Waals surface area contributed by atoms with Gasteiger partial charge >= 0.3 is 0 Å². The zero-order chi connectivity index (χ0) is 27.8. The van der Waals surface area contributed by atoms with Crippen molar-refractivity contribution >= 4 is 34.5 Å². The van der Waals surface area contributed by atoms with Crippen molar-refractivity contribution in [2.45, 2.75) is 44.6 Å². The second kappa shape index (κ2) is 11.1. The van der Waals surface area contributed by atoms with Gasteiger partial charge in [-0.05, 0) is 37.3 Å². The average Bonchev–Trinajstić information content (AvgIpc) is 3.34. The first-order valence-corrected chi connectivity index (χ1v) is 13.9. The summed E-state index contributed by atoms with van der Waals surface area (Å²) >= 11 is 0. The van der Waals surface area contributed by atoms with E-state index < -0.39 is 6.43 Å². The van der Waals surface area contributed by atoms with Crippen LogP contribution >= 0.6 is 0 Å². The Labute approximate surface area is 230 Å². The zero-order valence-corrected chi connectivity index (χ0v) is 22.4. The molecule has 2 aliphatic heterocycles. The molecule has 1 aliphatic carbocycles. The minimum atomic E-state index is -2.78. The summed E-state index contributed by atoms with van der Waals surface area (Å²) in [7, 11) is 1.78. The van der Waals surface area contributed by atoms with Crippen LogP contribution in [0.1, 0.15) is 44.4 Å². The van der Waals surface area contributed by atoms with Gasteiger partial charge in [0, 0.05) is 57.5 Å². The van der Waals surface area contributed by atoms with Gasteiger partial charge in [0.15, 0.2) is 5.82 Å². The van der Waals surface area contributed by atoms with E-state index in [1.807, 2.05) is 4.90 Å². The summed E-state index contributed by atoms with van der Waals surface area (Å²) in [4.78, 5) is 42.1.